The van der Waals surface area contributed by atoms with E-state index in [0.29, 0.717) is 51.3 Å². The molecule has 1 aliphatic carbocycles. The van der Waals surface area contributed by atoms with E-state index in [9.17, 15) is 17.9 Å². The summed E-state index contributed by atoms with van der Waals surface area (Å²) in [7, 11) is -3.73. The second-order valence-electron chi connectivity index (χ2n) is 10.3. The van der Waals surface area contributed by atoms with Gasteiger partial charge >= 0.3 is 0 Å². The lowest BCUT2D eigenvalue weighted by molar-refractivity contribution is 0.198. The zero-order valence-corrected chi connectivity index (χ0v) is 21.5. The molecular weight excluding hydrogens is 493 g/mol. The molecule has 0 unspecified atom stereocenters. The summed E-state index contributed by atoms with van der Waals surface area (Å²) in [6.07, 6.45) is 7.92. The van der Waals surface area contributed by atoms with Gasteiger partial charge < -0.3 is 10.0 Å². The molecule has 3 aliphatic rings. The minimum Gasteiger partial charge on any atom is -0.391 e. The van der Waals surface area contributed by atoms with Gasteiger partial charge in [-0.2, -0.15) is 9.40 Å². The number of benzene rings is 1. The molecule has 10 heteroatoms. The van der Waals surface area contributed by atoms with Crippen LogP contribution in [0.4, 0.5) is 10.2 Å². The highest BCUT2D eigenvalue weighted by atomic mass is 32.2. The fourth-order valence-electron chi connectivity index (χ4n) is 5.92. The van der Waals surface area contributed by atoms with E-state index in [1.54, 1.807) is 28.6 Å². The Bertz CT molecular complexity index is 1470. The summed E-state index contributed by atoms with van der Waals surface area (Å²) < 4.78 is 44.4. The van der Waals surface area contributed by atoms with E-state index in [4.69, 9.17) is 0 Å². The van der Waals surface area contributed by atoms with Gasteiger partial charge in [0.2, 0.25) is 10.0 Å². The number of β-amino-alcohol motifs (C(OH)–C–C–N with tert-alkyl or cyclic N) is 1. The van der Waals surface area contributed by atoms with Crippen molar-refractivity contribution in [2.75, 3.05) is 31.1 Å². The van der Waals surface area contributed by atoms with Crippen LogP contribution in [0.3, 0.4) is 0 Å². The molecule has 1 aromatic carbocycles. The van der Waals surface area contributed by atoms with E-state index in [0.717, 1.165) is 23.4 Å². The van der Waals surface area contributed by atoms with Crippen molar-refractivity contribution in [2.45, 2.75) is 43.6 Å². The Morgan fingerprint density at radius 1 is 1.19 bits per heavy atom. The van der Waals surface area contributed by atoms with Crippen LogP contribution in [0.2, 0.25) is 0 Å². The van der Waals surface area contributed by atoms with Crippen molar-refractivity contribution in [3.05, 3.63) is 71.4 Å². The first kappa shape index (κ1) is 24.3. The number of rotatable bonds is 5. The molecular formula is C27H30FN5O3S. The van der Waals surface area contributed by atoms with Gasteiger partial charge in [-0.3, -0.25) is 0 Å². The molecule has 4 heterocycles. The molecule has 2 aromatic heterocycles. The minimum absolute atomic E-state index is 0.234. The average molecular weight is 524 g/mol. The molecule has 6 rings (SSSR count). The molecule has 1 N–H and O–H groups in total. The third-order valence-electron chi connectivity index (χ3n) is 8.11. The summed E-state index contributed by atoms with van der Waals surface area (Å²) in [6, 6.07) is 9.46. The number of fused-ring (bicyclic) bond motifs is 2. The fourth-order valence-corrected chi connectivity index (χ4v) is 7.46. The molecule has 2 atom stereocenters. The van der Waals surface area contributed by atoms with Crippen molar-refractivity contribution in [3.63, 3.8) is 0 Å². The largest absolute Gasteiger partial charge is 0.391 e. The number of aliphatic hydroxyl groups is 1. The summed E-state index contributed by atoms with van der Waals surface area (Å²) in [5.41, 5.74) is 3.77. The maximum atomic E-state index is 13.8. The number of hydrogen-bond acceptors (Lipinski definition) is 6. The van der Waals surface area contributed by atoms with Crippen LogP contribution >= 0.6 is 0 Å². The second kappa shape index (κ2) is 9.04. The van der Waals surface area contributed by atoms with Crippen LogP contribution in [0.5, 0.6) is 0 Å². The number of anilines is 1. The first-order valence-corrected chi connectivity index (χ1v) is 14.2. The molecule has 194 valence electrons. The molecule has 8 nitrogen and oxygen atoms in total. The van der Waals surface area contributed by atoms with Crippen LogP contribution < -0.4 is 4.90 Å². The number of sulfonamides is 1. The van der Waals surface area contributed by atoms with E-state index in [1.807, 2.05) is 15.8 Å². The lowest BCUT2D eigenvalue weighted by Gasteiger charge is -2.45. The molecule has 2 fully saturated rings. The van der Waals surface area contributed by atoms with Crippen LogP contribution in [-0.2, 0) is 16.4 Å². The van der Waals surface area contributed by atoms with Crippen LogP contribution in [0.25, 0.3) is 11.8 Å². The number of aliphatic hydroxyl groups excluding tert-OH is 1. The average Bonchev–Trinajstić information content (AvgIpc) is 3.53. The number of nitrogens with zero attached hydrogens (tertiary/aromatic N) is 5. The first-order valence-electron chi connectivity index (χ1n) is 12.7. The van der Waals surface area contributed by atoms with Gasteiger partial charge in [-0.25, -0.2) is 22.5 Å². The predicted molar refractivity (Wildman–Crippen MR) is 138 cm³/mol. The number of aromatic nitrogens is 3. The summed E-state index contributed by atoms with van der Waals surface area (Å²) in [5.74, 6) is 0.289. The predicted octanol–water partition coefficient (Wildman–Crippen LogP) is 3.41. The van der Waals surface area contributed by atoms with Crippen molar-refractivity contribution in [2.24, 2.45) is 5.41 Å². The lowest BCUT2D eigenvalue weighted by Crippen LogP contribution is -2.49. The van der Waals surface area contributed by atoms with Crippen molar-refractivity contribution < 1.29 is 17.9 Å². The van der Waals surface area contributed by atoms with Crippen molar-refractivity contribution in [1.82, 2.24) is 19.1 Å². The Morgan fingerprint density at radius 3 is 2.73 bits per heavy atom. The van der Waals surface area contributed by atoms with E-state index in [2.05, 4.69) is 23.1 Å². The summed E-state index contributed by atoms with van der Waals surface area (Å²) in [4.78, 5) is 6.52. The highest BCUT2D eigenvalue weighted by Crippen LogP contribution is 2.47. The molecule has 37 heavy (non-hydrogen) atoms. The van der Waals surface area contributed by atoms with Crippen LogP contribution in [0.15, 0.2) is 59.3 Å². The van der Waals surface area contributed by atoms with E-state index >= 15 is 0 Å². The standard InChI is InChI=1S/C27H30FN5O3S/c1-2-27-15-19-16-30-33(22-5-3-21(28)4-6-22)25(19)13-20(27)8-12-32(18-27)37(35,36)24-7-10-29-26(14-24)31-11-9-23(34)17-31/h3-7,10,13-14,16,23,34H,2,8-9,11-12,15,17-18H2,1H3/t23-,27+/m0/s1. The van der Waals surface area contributed by atoms with Gasteiger partial charge in [0.05, 0.1) is 28.6 Å². The van der Waals surface area contributed by atoms with Crippen LogP contribution in [-0.4, -0.2) is 64.9 Å². The smallest absolute Gasteiger partial charge is 0.243 e. The normalized spacial score (nSPS) is 24.0. The first-order chi connectivity index (χ1) is 17.8. The molecule has 0 radical (unpaired) electrons. The monoisotopic (exact) mass is 523 g/mol. The van der Waals surface area contributed by atoms with Gasteiger partial charge in [0.1, 0.15) is 11.6 Å². The van der Waals surface area contributed by atoms with Gasteiger partial charge in [-0.15, -0.1) is 0 Å². The van der Waals surface area contributed by atoms with Gasteiger partial charge in [-0.1, -0.05) is 12.5 Å². The van der Waals surface area contributed by atoms with Crippen LogP contribution in [0, 0.1) is 11.2 Å². The number of halogens is 1. The third-order valence-corrected chi connectivity index (χ3v) is 9.95. The molecule has 2 aliphatic heterocycles. The van der Waals surface area contributed by atoms with Crippen LogP contribution in [0.1, 0.15) is 37.4 Å². The zero-order chi connectivity index (χ0) is 25.8. The molecule has 0 bridgehead atoms. The summed E-state index contributed by atoms with van der Waals surface area (Å²) >= 11 is 0. The molecule has 2 saturated heterocycles. The van der Waals surface area contributed by atoms with Gasteiger partial charge in [0.25, 0.3) is 0 Å². The Labute approximate surface area is 216 Å². The van der Waals surface area contributed by atoms with Crippen molar-refractivity contribution in [3.8, 4) is 5.69 Å². The van der Waals surface area contributed by atoms with E-state index in [1.165, 1.54) is 23.9 Å². The zero-order valence-electron chi connectivity index (χ0n) is 20.7. The van der Waals surface area contributed by atoms with E-state index in [-0.39, 0.29) is 16.1 Å². The molecule has 0 saturated carbocycles. The Hall–Kier alpha value is -3.08. The van der Waals surface area contributed by atoms with Gasteiger partial charge in [-0.05, 0) is 67.7 Å². The fraction of sp³-hybridized carbons (Fsp3) is 0.407. The van der Waals surface area contributed by atoms with E-state index < -0.39 is 16.1 Å². The summed E-state index contributed by atoms with van der Waals surface area (Å²) in [6.45, 7) is 4.03. The molecule has 0 amide bonds. The van der Waals surface area contributed by atoms with Gasteiger partial charge in [0, 0.05) is 43.9 Å². The Morgan fingerprint density at radius 2 is 2.00 bits per heavy atom. The number of piperidine rings is 1. The van der Waals surface area contributed by atoms with Crippen molar-refractivity contribution >= 4 is 21.9 Å². The second-order valence-corrected chi connectivity index (χ2v) is 12.2. The minimum atomic E-state index is -3.73. The number of pyridine rings is 1. The quantitative estimate of drug-likeness (QED) is 0.551. The molecule has 0 spiro atoms. The van der Waals surface area contributed by atoms with Crippen molar-refractivity contribution in [1.29, 1.82) is 0 Å². The molecule has 3 aromatic rings. The maximum absolute atomic E-state index is 13.8. The Balaban J connectivity index is 1.29. The third kappa shape index (κ3) is 4.17. The highest BCUT2D eigenvalue weighted by molar-refractivity contribution is 7.89. The summed E-state index contributed by atoms with van der Waals surface area (Å²) in [5, 5.41) is 14.5. The SMILES string of the molecule is CC[C@]12Cc3cnn(-c4ccc(F)cc4)c3C=C1CCN(S(=O)(=O)c1ccnc(N3CC[C@H](O)C3)c1)C2. The van der Waals surface area contributed by atoms with Gasteiger partial charge in [0.15, 0.2) is 0 Å². The lowest BCUT2D eigenvalue weighted by atomic mass is 9.67. The number of hydrogen-bond donors (Lipinski definition) is 1. The topological polar surface area (TPSA) is 91.6 Å². The highest BCUT2D eigenvalue weighted by Gasteiger charge is 2.45. The maximum Gasteiger partial charge on any atom is 0.243 e. The Kier molecular flexibility index (Phi) is 5.93.